The van der Waals surface area contributed by atoms with E-state index < -0.39 is 21.2 Å². The van der Waals surface area contributed by atoms with Gasteiger partial charge >= 0.3 is 5.97 Å². The van der Waals surface area contributed by atoms with E-state index in [1.807, 2.05) is 0 Å². The van der Waals surface area contributed by atoms with Gasteiger partial charge in [-0.3, -0.25) is 4.79 Å². The molecule has 6 nitrogen and oxygen atoms in total. The topological polar surface area (TPSA) is 89.9 Å². The fourth-order valence-electron chi connectivity index (χ4n) is 2.39. The van der Waals surface area contributed by atoms with Gasteiger partial charge in [-0.25, -0.2) is 8.42 Å². The van der Waals surface area contributed by atoms with Crippen LogP contribution in [-0.2, 0) is 20.0 Å². The van der Waals surface area contributed by atoms with Crippen LogP contribution < -0.4 is 9.47 Å². The van der Waals surface area contributed by atoms with Crippen molar-refractivity contribution in [3.63, 3.8) is 0 Å². The van der Waals surface area contributed by atoms with Gasteiger partial charge in [0.05, 0.1) is 19.6 Å². The van der Waals surface area contributed by atoms with Crippen molar-refractivity contribution in [1.82, 2.24) is 0 Å². The van der Waals surface area contributed by atoms with E-state index in [1.54, 1.807) is 0 Å². The van der Waals surface area contributed by atoms with Gasteiger partial charge in [-0.1, -0.05) is 0 Å². The third kappa shape index (κ3) is 2.11. The molecule has 1 aromatic carbocycles. The highest BCUT2D eigenvalue weighted by atomic mass is 32.2. The number of rotatable bonds is 5. The zero-order chi connectivity index (χ0) is 15.1. The Kier molecular flexibility index (Phi) is 3.41. The monoisotopic (exact) mass is 300 g/mol. The minimum absolute atomic E-state index is 0.0979. The smallest absolute Gasteiger partial charge is 0.314 e. The SMILES string of the molecule is COc1ccc(OC)c(S(C)(=O)=O)c1C1(C(=O)O)CC1. The molecular weight excluding hydrogens is 284 g/mol. The Morgan fingerprint density at radius 1 is 1.20 bits per heavy atom. The van der Waals surface area contributed by atoms with Crippen LogP contribution in [0.4, 0.5) is 0 Å². The average molecular weight is 300 g/mol. The Labute approximate surface area is 117 Å². The highest BCUT2D eigenvalue weighted by Crippen LogP contribution is 2.55. The van der Waals surface area contributed by atoms with Crippen LogP contribution in [0.2, 0.25) is 0 Å². The van der Waals surface area contributed by atoms with Crippen molar-refractivity contribution in [1.29, 1.82) is 0 Å². The molecule has 0 spiro atoms. The Bertz CT molecular complexity index is 658. The second-order valence-corrected chi connectivity index (χ2v) is 6.79. The van der Waals surface area contributed by atoms with Gasteiger partial charge < -0.3 is 14.6 Å². The standard InChI is InChI=1S/C13H16O6S/c1-18-8-4-5-9(19-2)11(20(3,16)17)10(8)13(6-7-13)12(14)15/h4-5H,6-7H2,1-3H3,(H,14,15). The van der Waals surface area contributed by atoms with Crippen LogP contribution in [0.15, 0.2) is 17.0 Å². The molecule has 1 fully saturated rings. The Morgan fingerprint density at radius 3 is 2.05 bits per heavy atom. The number of carboxylic acid groups (broad SMARTS) is 1. The zero-order valence-electron chi connectivity index (χ0n) is 11.5. The zero-order valence-corrected chi connectivity index (χ0v) is 12.3. The summed E-state index contributed by atoms with van der Waals surface area (Å²) in [4.78, 5) is 11.4. The summed E-state index contributed by atoms with van der Waals surface area (Å²) in [5.41, 5.74) is -1.01. The van der Waals surface area contributed by atoms with Crippen molar-refractivity contribution in [3.05, 3.63) is 17.7 Å². The second kappa shape index (κ2) is 4.66. The number of carbonyl (C=O) groups is 1. The van der Waals surface area contributed by atoms with E-state index in [4.69, 9.17) is 9.47 Å². The first-order valence-electron chi connectivity index (χ1n) is 5.97. The highest BCUT2D eigenvalue weighted by Gasteiger charge is 2.56. The van der Waals surface area contributed by atoms with Crippen LogP contribution in [0.3, 0.4) is 0 Å². The lowest BCUT2D eigenvalue weighted by molar-refractivity contribution is -0.140. The first kappa shape index (κ1) is 14.6. The van der Waals surface area contributed by atoms with Crippen molar-refractivity contribution in [2.45, 2.75) is 23.2 Å². The van der Waals surface area contributed by atoms with Gasteiger partial charge in [-0.15, -0.1) is 0 Å². The Morgan fingerprint density at radius 2 is 1.70 bits per heavy atom. The van der Waals surface area contributed by atoms with Gasteiger partial charge in [0.2, 0.25) is 0 Å². The quantitative estimate of drug-likeness (QED) is 0.879. The molecule has 20 heavy (non-hydrogen) atoms. The number of carboxylic acids is 1. The molecule has 1 aliphatic carbocycles. The minimum atomic E-state index is -3.65. The first-order chi connectivity index (χ1) is 9.28. The predicted octanol–water partition coefficient (Wildman–Crippen LogP) is 1.22. The molecule has 1 saturated carbocycles. The number of ether oxygens (including phenoxy) is 2. The first-order valence-corrected chi connectivity index (χ1v) is 7.86. The van der Waals surface area contributed by atoms with Crippen molar-refractivity contribution < 1.29 is 27.8 Å². The van der Waals surface area contributed by atoms with Crippen molar-refractivity contribution in [2.75, 3.05) is 20.5 Å². The molecule has 7 heteroatoms. The van der Waals surface area contributed by atoms with Crippen LogP contribution in [0.5, 0.6) is 11.5 Å². The Hall–Kier alpha value is -1.76. The van der Waals surface area contributed by atoms with Crippen LogP contribution in [-0.4, -0.2) is 40.0 Å². The van der Waals surface area contributed by atoms with Crippen LogP contribution in [0.1, 0.15) is 18.4 Å². The van der Waals surface area contributed by atoms with E-state index >= 15 is 0 Å². The maximum Gasteiger partial charge on any atom is 0.314 e. The molecule has 0 saturated heterocycles. The maximum absolute atomic E-state index is 12.1. The lowest BCUT2D eigenvalue weighted by Crippen LogP contribution is -2.23. The van der Waals surface area contributed by atoms with E-state index in [9.17, 15) is 18.3 Å². The summed E-state index contributed by atoms with van der Waals surface area (Å²) in [6, 6.07) is 3.00. The minimum Gasteiger partial charge on any atom is -0.496 e. The summed E-state index contributed by atoms with van der Waals surface area (Å²) in [5, 5.41) is 9.44. The molecular formula is C13H16O6S. The number of hydrogen-bond acceptors (Lipinski definition) is 5. The summed E-state index contributed by atoms with van der Waals surface area (Å²) >= 11 is 0. The van der Waals surface area contributed by atoms with E-state index in [-0.39, 0.29) is 22.0 Å². The fraction of sp³-hybridized carbons (Fsp3) is 0.462. The predicted molar refractivity (Wildman–Crippen MR) is 71.2 cm³/mol. The maximum atomic E-state index is 12.1. The lowest BCUT2D eigenvalue weighted by atomic mass is 9.94. The molecule has 1 aromatic rings. The summed E-state index contributed by atoms with van der Waals surface area (Å²) in [6.45, 7) is 0. The molecule has 0 unspecified atom stereocenters. The molecule has 0 aliphatic heterocycles. The van der Waals surface area contributed by atoms with Crippen molar-refractivity contribution >= 4 is 15.8 Å². The highest BCUT2D eigenvalue weighted by molar-refractivity contribution is 7.90. The van der Waals surface area contributed by atoms with Crippen molar-refractivity contribution in [2.24, 2.45) is 0 Å². The van der Waals surface area contributed by atoms with Gasteiger partial charge in [0.15, 0.2) is 9.84 Å². The third-order valence-corrected chi connectivity index (χ3v) is 4.68. The number of methoxy groups -OCH3 is 2. The van der Waals surface area contributed by atoms with E-state index in [1.165, 1.54) is 26.4 Å². The summed E-state index contributed by atoms with van der Waals surface area (Å²) in [7, 11) is -0.922. The van der Waals surface area contributed by atoms with Gasteiger partial charge in [0.25, 0.3) is 0 Å². The van der Waals surface area contributed by atoms with E-state index in [2.05, 4.69) is 0 Å². The lowest BCUT2D eigenvalue weighted by Gasteiger charge is -2.20. The molecule has 0 heterocycles. The third-order valence-electron chi connectivity index (χ3n) is 3.53. The normalized spacial score (nSPS) is 16.6. The Balaban J connectivity index is 2.86. The van der Waals surface area contributed by atoms with Crippen LogP contribution in [0, 0.1) is 0 Å². The molecule has 2 rings (SSSR count). The van der Waals surface area contributed by atoms with Gasteiger partial charge in [0.1, 0.15) is 16.4 Å². The number of benzene rings is 1. The summed E-state index contributed by atoms with van der Waals surface area (Å²) in [5.74, 6) is -0.657. The van der Waals surface area contributed by atoms with Crippen molar-refractivity contribution in [3.8, 4) is 11.5 Å². The molecule has 1 N–H and O–H groups in total. The van der Waals surface area contributed by atoms with Crippen LogP contribution >= 0.6 is 0 Å². The second-order valence-electron chi connectivity index (χ2n) is 4.83. The number of aliphatic carboxylic acids is 1. The van der Waals surface area contributed by atoms with Gasteiger partial charge in [-0.2, -0.15) is 0 Å². The largest absolute Gasteiger partial charge is 0.496 e. The molecule has 0 amide bonds. The summed E-state index contributed by atoms with van der Waals surface area (Å²) in [6.07, 6.45) is 1.80. The molecule has 0 atom stereocenters. The molecule has 1 aliphatic rings. The molecule has 0 radical (unpaired) electrons. The number of hydrogen-bond donors (Lipinski definition) is 1. The van der Waals surface area contributed by atoms with Gasteiger partial charge in [-0.05, 0) is 25.0 Å². The summed E-state index contributed by atoms with van der Waals surface area (Å²) < 4.78 is 34.4. The van der Waals surface area contributed by atoms with E-state index in [0.717, 1.165) is 6.26 Å². The van der Waals surface area contributed by atoms with E-state index in [0.29, 0.717) is 12.8 Å². The fourth-order valence-corrected chi connectivity index (χ4v) is 3.58. The molecule has 110 valence electrons. The number of sulfone groups is 1. The van der Waals surface area contributed by atoms with Crippen LogP contribution in [0.25, 0.3) is 0 Å². The molecule has 0 bridgehead atoms. The average Bonchev–Trinajstić information content (AvgIpc) is 3.17. The van der Waals surface area contributed by atoms with Gasteiger partial charge in [0, 0.05) is 11.8 Å². The molecule has 0 aromatic heterocycles.